The molecule has 0 bridgehead atoms. The van der Waals surface area contributed by atoms with Crippen LogP contribution in [0.5, 0.6) is 0 Å². The largest absolute Gasteiger partial charge is 0.295 e. The van der Waals surface area contributed by atoms with Gasteiger partial charge >= 0.3 is 0 Å². The van der Waals surface area contributed by atoms with Crippen molar-refractivity contribution in [3.05, 3.63) is 41.7 Å². The molecule has 8 heteroatoms. The summed E-state index contributed by atoms with van der Waals surface area (Å²) in [5.41, 5.74) is 5.15. The number of nitrogens with zero attached hydrogens (tertiary/aromatic N) is 3. The number of thiophene rings is 1. The minimum Gasteiger partial charge on any atom is -0.295 e. The van der Waals surface area contributed by atoms with Crippen LogP contribution in [0, 0.1) is 0 Å². The van der Waals surface area contributed by atoms with Crippen LogP contribution in [-0.4, -0.2) is 19.7 Å². The summed E-state index contributed by atoms with van der Waals surface area (Å²) in [4.78, 5) is 9.99. The Labute approximate surface area is 150 Å². The van der Waals surface area contributed by atoms with Crippen LogP contribution in [0.1, 0.15) is 6.92 Å². The molecule has 0 fully saturated rings. The van der Waals surface area contributed by atoms with Gasteiger partial charge < -0.3 is 0 Å². The van der Waals surface area contributed by atoms with Gasteiger partial charge in [-0.15, -0.1) is 11.3 Å². The van der Waals surface area contributed by atoms with Crippen LogP contribution in [0.25, 0.3) is 20.7 Å². The van der Waals surface area contributed by atoms with Crippen LogP contribution in [0.4, 0.5) is 0 Å². The molecule has 0 amide bonds. The summed E-state index contributed by atoms with van der Waals surface area (Å²) in [6, 6.07) is 9.95. The predicted octanol–water partition coefficient (Wildman–Crippen LogP) is 5.06. The number of hydrogen-bond acceptors (Lipinski definition) is 7. The van der Waals surface area contributed by atoms with Gasteiger partial charge in [0.1, 0.15) is 11.4 Å². The maximum atomic E-state index is 5.97. The van der Waals surface area contributed by atoms with Gasteiger partial charge in [-0.2, -0.15) is 5.10 Å². The zero-order valence-corrected chi connectivity index (χ0v) is 15.2. The van der Waals surface area contributed by atoms with Crippen molar-refractivity contribution in [1.82, 2.24) is 15.4 Å². The zero-order valence-electron chi connectivity index (χ0n) is 12.0. The molecule has 0 saturated carbocycles. The molecule has 1 aromatic carbocycles. The van der Waals surface area contributed by atoms with Crippen molar-refractivity contribution >= 4 is 61.1 Å². The number of fused-ring (bicyclic) bond motifs is 1. The van der Waals surface area contributed by atoms with Crippen molar-refractivity contribution in [3.63, 3.8) is 0 Å². The van der Waals surface area contributed by atoms with Gasteiger partial charge in [0.15, 0.2) is 4.38 Å². The molecule has 0 radical (unpaired) electrons. The average molecular weight is 379 g/mol. The van der Waals surface area contributed by atoms with Crippen molar-refractivity contribution in [2.24, 2.45) is 5.10 Å². The van der Waals surface area contributed by atoms with Crippen LogP contribution < -0.4 is 5.43 Å². The molecule has 0 saturated heterocycles. The molecule has 1 atom stereocenters. The van der Waals surface area contributed by atoms with Crippen molar-refractivity contribution in [2.45, 2.75) is 17.3 Å². The molecule has 4 rings (SSSR count). The van der Waals surface area contributed by atoms with E-state index in [0.29, 0.717) is 5.37 Å². The Morgan fingerprint density at radius 1 is 1.22 bits per heavy atom. The number of hydrogen-bond donors (Lipinski definition) is 1. The van der Waals surface area contributed by atoms with Crippen molar-refractivity contribution in [3.8, 4) is 10.4 Å². The average Bonchev–Trinajstić information content (AvgIpc) is 3.15. The lowest BCUT2D eigenvalue weighted by molar-refractivity contribution is 0.755. The van der Waals surface area contributed by atoms with Gasteiger partial charge in [-0.3, -0.25) is 5.43 Å². The highest BCUT2D eigenvalue weighted by Gasteiger charge is 2.19. The molecule has 23 heavy (non-hydrogen) atoms. The maximum Gasteiger partial charge on any atom is 0.158 e. The first-order chi connectivity index (χ1) is 11.2. The second-order valence-corrected chi connectivity index (χ2v) is 8.93. The quantitative estimate of drug-likeness (QED) is 0.632. The number of halogens is 1. The molecule has 3 heterocycles. The summed E-state index contributed by atoms with van der Waals surface area (Å²) in [6.45, 7) is 2.08. The number of benzene rings is 1. The van der Waals surface area contributed by atoms with Crippen LogP contribution in [0.2, 0.25) is 5.02 Å². The van der Waals surface area contributed by atoms with Gasteiger partial charge in [0, 0.05) is 9.90 Å². The van der Waals surface area contributed by atoms with E-state index < -0.39 is 0 Å². The van der Waals surface area contributed by atoms with Gasteiger partial charge in [-0.25, -0.2) is 9.97 Å². The summed E-state index contributed by atoms with van der Waals surface area (Å²) in [7, 11) is 0. The molecule has 1 N–H and O–H groups in total. The van der Waals surface area contributed by atoms with Crippen LogP contribution in [0.15, 0.2) is 46.8 Å². The second kappa shape index (κ2) is 6.32. The SMILES string of the molecule is CC1NN=C(Sc2ncnc3cc(-c4ccc(Cl)cc4)sc23)S1. The van der Waals surface area contributed by atoms with Crippen LogP contribution in [-0.2, 0) is 0 Å². The molecule has 1 aliphatic heterocycles. The van der Waals surface area contributed by atoms with E-state index in [1.807, 2.05) is 24.3 Å². The highest BCUT2D eigenvalue weighted by atomic mass is 35.5. The summed E-state index contributed by atoms with van der Waals surface area (Å²) in [6.07, 6.45) is 1.61. The molecule has 3 aromatic rings. The second-order valence-electron chi connectivity index (χ2n) is 4.88. The fourth-order valence-corrected chi connectivity index (χ4v) is 5.45. The standard InChI is InChI=1S/C15H11ClN4S3/c1-8-19-20-15(21-8)23-14-13-11(17-7-18-14)6-12(22-13)9-2-4-10(16)5-3-9/h2-8,19H,1H3. The molecule has 0 aliphatic carbocycles. The lowest BCUT2D eigenvalue weighted by Crippen LogP contribution is -2.09. The molecule has 1 unspecified atom stereocenters. The van der Waals surface area contributed by atoms with Gasteiger partial charge in [0.2, 0.25) is 0 Å². The Balaban J connectivity index is 1.71. The van der Waals surface area contributed by atoms with Gasteiger partial charge in [0.05, 0.1) is 15.6 Å². The van der Waals surface area contributed by atoms with Crippen LogP contribution in [0.3, 0.4) is 0 Å². The summed E-state index contributed by atoms with van der Waals surface area (Å²) in [5.74, 6) is 0. The predicted molar refractivity (Wildman–Crippen MR) is 101 cm³/mol. The third kappa shape index (κ3) is 3.19. The minimum atomic E-state index is 0.308. The number of rotatable bonds is 2. The monoisotopic (exact) mass is 378 g/mol. The number of thioether (sulfide) groups is 2. The van der Waals surface area contributed by atoms with E-state index >= 15 is 0 Å². The maximum absolute atomic E-state index is 5.97. The molecule has 0 spiro atoms. The highest BCUT2D eigenvalue weighted by Crippen LogP contribution is 2.39. The molecular formula is C15H11ClN4S3. The summed E-state index contributed by atoms with van der Waals surface area (Å²) in [5, 5.41) is 6.31. The fourth-order valence-electron chi connectivity index (χ4n) is 2.14. The molecular weight excluding hydrogens is 368 g/mol. The fraction of sp³-hybridized carbons (Fsp3) is 0.133. The normalized spacial score (nSPS) is 17.3. The Morgan fingerprint density at radius 3 is 2.78 bits per heavy atom. The van der Waals surface area contributed by atoms with E-state index in [1.165, 1.54) is 0 Å². The third-order valence-corrected chi connectivity index (χ3v) is 6.83. The summed E-state index contributed by atoms with van der Waals surface area (Å²) >= 11 is 10.9. The van der Waals surface area contributed by atoms with Gasteiger partial charge in [0.25, 0.3) is 0 Å². The lowest BCUT2D eigenvalue weighted by atomic mass is 10.2. The Hall–Kier alpha value is -1.28. The minimum absolute atomic E-state index is 0.308. The van der Waals surface area contributed by atoms with E-state index in [4.69, 9.17) is 11.6 Å². The smallest absolute Gasteiger partial charge is 0.158 e. The van der Waals surface area contributed by atoms with E-state index in [1.54, 1.807) is 41.2 Å². The van der Waals surface area contributed by atoms with Gasteiger partial charge in [-0.1, -0.05) is 35.5 Å². The van der Waals surface area contributed by atoms with Crippen molar-refractivity contribution < 1.29 is 0 Å². The molecule has 1 aliphatic rings. The number of hydrazone groups is 1. The van der Waals surface area contributed by atoms with E-state index in [0.717, 1.165) is 35.1 Å². The topological polar surface area (TPSA) is 50.2 Å². The molecule has 116 valence electrons. The van der Waals surface area contributed by atoms with E-state index in [2.05, 4.69) is 33.5 Å². The molecule has 4 nitrogen and oxygen atoms in total. The molecule has 2 aromatic heterocycles. The zero-order chi connectivity index (χ0) is 15.8. The first kappa shape index (κ1) is 15.3. The van der Waals surface area contributed by atoms with E-state index in [-0.39, 0.29) is 0 Å². The van der Waals surface area contributed by atoms with Crippen molar-refractivity contribution in [1.29, 1.82) is 0 Å². The number of aromatic nitrogens is 2. The first-order valence-corrected chi connectivity index (χ1v) is 9.76. The van der Waals surface area contributed by atoms with Crippen molar-refractivity contribution in [2.75, 3.05) is 0 Å². The first-order valence-electron chi connectivity index (χ1n) is 6.87. The van der Waals surface area contributed by atoms with Crippen LogP contribution >= 0.6 is 46.5 Å². The van der Waals surface area contributed by atoms with Gasteiger partial charge in [-0.05, 0) is 42.4 Å². The van der Waals surface area contributed by atoms with E-state index in [9.17, 15) is 0 Å². The Morgan fingerprint density at radius 2 is 2.04 bits per heavy atom. The highest BCUT2D eigenvalue weighted by molar-refractivity contribution is 8.39. The Bertz CT molecular complexity index is 891. The summed E-state index contributed by atoms with van der Waals surface area (Å²) < 4.78 is 2.07. The lowest BCUT2D eigenvalue weighted by Gasteiger charge is -2.00. The number of nitrogens with one attached hydrogen (secondary N) is 1. The third-order valence-electron chi connectivity index (χ3n) is 3.21. The Kier molecular flexibility index (Phi) is 4.19.